The molecule has 0 radical (unpaired) electrons. The molecule has 4 heteroatoms. The van der Waals surface area contributed by atoms with Crippen molar-refractivity contribution in [1.82, 2.24) is 0 Å². The first-order valence-corrected chi connectivity index (χ1v) is 6.93. The van der Waals surface area contributed by atoms with Gasteiger partial charge in [0.1, 0.15) is 6.61 Å². The number of ether oxygens (including phenoxy) is 1. The van der Waals surface area contributed by atoms with Crippen LogP contribution in [-0.2, 0) is 21.0 Å². The van der Waals surface area contributed by atoms with E-state index >= 15 is 0 Å². The molecule has 20 heavy (non-hydrogen) atoms. The average Bonchev–Trinajstić information content (AvgIpc) is 2.81. The van der Waals surface area contributed by atoms with E-state index in [1.807, 2.05) is 36.4 Å². The SMILES string of the molecule is CCCC/C=C1\C/C(=N/OCc2ccccc2)OC1=O. The first-order chi connectivity index (χ1) is 9.79. The number of nitrogens with zero attached hydrogens (tertiary/aromatic N) is 1. The first kappa shape index (κ1) is 14.3. The molecule has 0 aliphatic carbocycles. The predicted octanol–water partition coefficient (Wildman–Crippen LogP) is 3.58. The molecule has 1 aliphatic rings. The summed E-state index contributed by atoms with van der Waals surface area (Å²) < 4.78 is 5.06. The summed E-state index contributed by atoms with van der Waals surface area (Å²) in [5, 5.41) is 3.88. The molecule has 2 rings (SSSR count). The second-order valence-corrected chi connectivity index (χ2v) is 4.68. The van der Waals surface area contributed by atoms with Crippen molar-refractivity contribution in [3.05, 3.63) is 47.5 Å². The van der Waals surface area contributed by atoms with Gasteiger partial charge in [-0.15, -0.1) is 0 Å². The molecule has 1 aromatic carbocycles. The Labute approximate surface area is 119 Å². The van der Waals surface area contributed by atoms with Gasteiger partial charge < -0.3 is 9.57 Å². The molecule has 106 valence electrons. The van der Waals surface area contributed by atoms with Gasteiger partial charge in [0, 0.05) is 5.57 Å². The van der Waals surface area contributed by atoms with Crippen molar-refractivity contribution in [3.63, 3.8) is 0 Å². The number of allylic oxidation sites excluding steroid dienone is 1. The highest BCUT2D eigenvalue weighted by Gasteiger charge is 2.25. The quantitative estimate of drug-likeness (QED) is 0.344. The molecular formula is C16H19NO3. The van der Waals surface area contributed by atoms with E-state index in [0.717, 1.165) is 24.8 Å². The van der Waals surface area contributed by atoms with Crippen LogP contribution in [0, 0.1) is 0 Å². The molecule has 0 N–H and O–H groups in total. The van der Waals surface area contributed by atoms with Crippen LogP contribution < -0.4 is 0 Å². The maximum atomic E-state index is 11.6. The number of carbonyl (C=O) groups is 1. The highest BCUT2D eigenvalue weighted by atomic mass is 16.7. The molecule has 0 bridgehead atoms. The molecule has 0 amide bonds. The van der Waals surface area contributed by atoms with Gasteiger partial charge in [0.25, 0.3) is 0 Å². The predicted molar refractivity (Wildman–Crippen MR) is 77.0 cm³/mol. The van der Waals surface area contributed by atoms with E-state index < -0.39 is 0 Å². The third-order valence-corrected chi connectivity index (χ3v) is 3.00. The number of carbonyl (C=O) groups excluding carboxylic acids is 1. The minimum absolute atomic E-state index is 0.303. The van der Waals surface area contributed by atoms with Gasteiger partial charge in [-0.2, -0.15) is 0 Å². The van der Waals surface area contributed by atoms with E-state index in [-0.39, 0.29) is 5.97 Å². The monoisotopic (exact) mass is 273 g/mol. The summed E-state index contributed by atoms with van der Waals surface area (Å²) in [6.45, 7) is 2.49. The Hall–Kier alpha value is -2.10. The smallest absolute Gasteiger partial charge is 0.340 e. The zero-order valence-corrected chi connectivity index (χ0v) is 11.7. The largest absolute Gasteiger partial charge is 0.405 e. The number of benzene rings is 1. The number of rotatable bonds is 6. The normalized spacial score (nSPS) is 18.6. The fourth-order valence-electron chi connectivity index (χ4n) is 1.88. The van der Waals surface area contributed by atoms with Crippen LogP contribution >= 0.6 is 0 Å². The Morgan fingerprint density at radius 1 is 1.35 bits per heavy atom. The number of esters is 1. The molecular weight excluding hydrogens is 254 g/mol. The second kappa shape index (κ2) is 7.48. The van der Waals surface area contributed by atoms with Gasteiger partial charge in [-0.05, 0) is 12.0 Å². The molecule has 0 spiro atoms. The Kier molecular flexibility index (Phi) is 5.35. The van der Waals surface area contributed by atoms with Crippen LogP contribution in [-0.4, -0.2) is 11.9 Å². The molecule has 1 heterocycles. The molecule has 1 aliphatic heterocycles. The Balaban J connectivity index is 1.83. The van der Waals surface area contributed by atoms with Crippen LogP contribution in [0.3, 0.4) is 0 Å². The van der Waals surface area contributed by atoms with Gasteiger partial charge >= 0.3 is 5.97 Å². The maximum absolute atomic E-state index is 11.6. The lowest BCUT2D eigenvalue weighted by atomic mass is 10.1. The molecule has 1 fully saturated rings. The van der Waals surface area contributed by atoms with Crippen molar-refractivity contribution in [1.29, 1.82) is 0 Å². The standard InChI is InChI=1S/C16H19NO3/c1-2-3-5-10-14-11-15(20-16(14)18)17-19-12-13-8-6-4-7-9-13/h4,6-10H,2-3,5,11-12H2,1H3/b14-10+,17-15-. The molecule has 0 atom stereocenters. The maximum Gasteiger partial charge on any atom is 0.340 e. The topological polar surface area (TPSA) is 47.9 Å². The van der Waals surface area contributed by atoms with Crippen LogP contribution in [0.1, 0.15) is 38.2 Å². The van der Waals surface area contributed by atoms with E-state index in [1.54, 1.807) is 0 Å². The Morgan fingerprint density at radius 3 is 2.90 bits per heavy atom. The zero-order chi connectivity index (χ0) is 14.2. The number of hydrogen-bond acceptors (Lipinski definition) is 4. The van der Waals surface area contributed by atoms with Gasteiger partial charge in [0.2, 0.25) is 5.90 Å². The number of cyclic esters (lactones) is 1. The number of hydrogen-bond donors (Lipinski definition) is 0. The highest BCUT2D eigenvalue weighted by molar-refractivity contribution is 6.07. The summed E-state index contributed by atoms with van der Waals surface area (Å²) in [5.41, 5.74) is 1.71. The fraction of sp³-hybridized carbons (Fsp3) is 0.375. The summed E-state index contributed by atoms with van der Waals surface area (Å²) in [5.74, 6) is 0.0387. The lowest BCUT2D eigenvalue weighted by Crippen LogP contribution is -1.99. The number of unbranched alkanes of at least 4 members (excludes halogenated alkanes) is 2. The van der Waals surface area contributed by atoms with Crippen molar-refractivity contribution in [2.24, 2.45) is 5.16 Å². The molecule has 4 nitrogen and oxygen atoms in total. The number of oxime groups is 1. The fourth-order valence-corrected chi connectivity index (χ4v) is 1.88. The lowest BCUT2D eigenvalue weighted by molar-refractivity contribution is -0.129. The molecule has 0 aromatic heterocycles. The van der Waals surface area contributed by atoms with Crippen LogP contribution in [0.5, 0.6) is 0 Å². The summed E-state index contributed by atoms with van der Waals surface area (Å²) >= 11 is 0. The van der Waals surface area contributed by atoms with E-state index in [2.05, 4.69) is 12.1 Å². The molecule has 0 unspecified atom stereocenters. The highest BCUT2D eigenvalue weighted by Crippen LogP contribution is 2.18. The van der Waals surface area contributed by atoms with Crippen molar-refractivity contribution < 1.29 is 14.4 Å². The van der Waals surface area contributed by atoms with Gasteiger partial charge in [-0.3, -0.25) is 0 Å². The summed E-state index contributed by atoms with van der Waals surface area (Å²) in [4.78, 5) is 16.8. The zero-order valence-electron chi connectivity index (χ0n) is 11.7. The van der Waals surface area contributed by atoms with Gasteiger partial charge in [0.15, 0.2) is 0 Å². The van der Waals surface area contributed by atoms with Gasteiger partial charge in [-0.1, -0.05) is 61.3 Å². The summed E-state index contributed by atoms with van der Waals surface area (Å²) in [6.07, 6.45) is 5.45. The Morgan fingerprint density at radius 2 is 2.15 bits per heavy atom. The second-order valence-electron chi connectivity index (χ2n) is 4.68. The van der Waals surface area contributed by atoms with Crippen LogP contribution in [0.15, 0.2) is 47.1 Å². The third kappa shape index (κ3) is 4.23. The summed E-state index contributed by atoms with van der Waals surface area (Å²) in [6, 6.07) is 9.74. The van der Waals surface area contributed by atoms with Crippen molar-refractivity contribution >= 4 is 11.9 Å². The van der Waals surface area contributed by atoms with Crippen molar-refractivity contribution in [2.75, 3.05) is 0 Å². The lowest BCUT2D eigenvalue weighted by Gasteiger charge is -1.99. The third-order valence-electron chi connectivity index (χ3n) is 3.00. The van der Waals surface area contributed by atoms with E-state index in [0.29, 0.717) is 24.5 Å². The molecule has 1 saturated heterocycles. The summed E-state index contributed by atoms with van der Waals surface area (Å²) in [7, 11) is 0. The molecule has 1 aromatic rings. The molecule has 0 saturated carbocycles. The van der Waals surface area contributed by atoms with E-state index in [1.165, 1.54) is 0 Å². The van der Waals surface area contributed by atoms with Gasteiger partial charge in [0.05, 0.1) is 6.42 Å². The van der Waals surface area contributed by atoms with Crippen LogP contribution in [0.2, 0.25) is 0 Å². The Bertz CT molecular complexity index is 506. The van der Waals surface area contributed by atoms with Crippen molar-refractivity contribution in [2.45, 2.75) is 39.2 Å². The average molecular weight is 273 g/mol. The van der Waals surface area contributed by atoms with Crippen LogP contribution in [0.25, 0.3) is 0 Å². The first-order valence-electron chi connectivity index (χ1n) is 6.93. The van der Waals surface area contributed by atoms with Crippen LogP contribution in [0.4, 0.5) is 0 Å². The van der Waals surface area contributed by atoms with Crippen molar-refractivity contribution in [3.8, 4) is 0 Å². The minimum atomic E-state index is -0.303. The minimum Gasteiger partial charge on any atom is -0.405 e. The van der Waals surface area contributed by atoms with Gasteiger partial charge in [-0.25, -0.2) is 4.79 Å². The van der Waals surface area contributed by atoms with E-state index in [4.69, 9.17) is 9.57 Å². The van der Waals surface area contributed by atoms with E-state index in [9.17, 15) is 4.79 Å².